The van der Waals surface area contributed by atoms with Gasteiger partial charge in [0.15, 0.2) is 0 Å². The van der Waals surface area contributed by atoms with Gasteiger partial charge >= 0.3 is 0 Å². The van der Waals surface area contributed by atoms with Crippen LogP contribution in [0.1, 0.15) is 41.6 Å². The normalized spacial score (nSPS) is 21.8. The Morgan fingerprint density at radius 1 is 1.18 bits per heavy atom. The number of hydrogen-bond acceptors (Lipinski definition) is 2. The van der Waals surface area contributed by atoms with Gasteiger partial charge in [0.1, 0.15) is 0 Å². The van der Waals surface area contributed by atoms with Gasteiger partial charge in [0.05, 0.1) is 0 Å². The average molecular weight is 249 g/mol. The van der Waals surface area contributed by atoms with Crippen LogP contribution in [0, 0.1) is 20.8 Å². The molecule has 0 aliphatic carbocycles. The zero-order valence-electron chi connectivity index (χ0n) is 11.3. The van der Waals surface area contributed by atoms with Crippen molar-refractivity contribution in [2.75, 3.05) is 11.5 Å². The van der Waals surface area contributed by atoms with E-state index in [1.165, 1.54) is 40.2 Å². The van der Waals surface area contributed by atoms with Crippen LogP contribution < -0.4 is 5.32 Å². The van der Waals surface area contributed by atoms with Crippen LogP contribution in [-0.2, 0) is 0 Å². The summed E-state index contributed by atoms with van der Waals surface area (Å²) < 4.78 is 0. The summed E-state index contributed by atoms with van der Waals surface area (Å²) in [5.41, 5.74) is 5.68. The van der Waals surface area contributed by atoms with E-state index in [2.05, 4.69) is 56.9 Å². The van der Waals surface area contributed by atoms with Crippen LogP contribution in [0.5, 0.6) is 0 Å². The largest absolute Gasteiger partial charge is 0.307 e. The molecule has 1 aromatic carbocycles. The van der Waals surface area contributed by atoms with Crippen molar-refractivity contribution in [1.29, 1.82) is 0 Å². The first kappa shape index (κ1) is 13.0. The maximum atomic E-state index is 3.76. The minimum absolute atomic E-state index is 0.470. The quantitative estimate of drug-likeness (QED) is 0.875. The Hall–Kier alpha value is -0.470. The standard InChI is InChI=1S/C15H23NS/c1-10-7-12(3)15(8-11(10)2)13(4)16-14-5-6-17-9-14/h7-8,13-14,16H,5-6,9H2,1-4H3. The highest BCUT2D eigenvalue weighted by molar-refractivity contribution is 7.99. The molecule has 0 bridgehead atoms. The first-order chi connectivity index (χ1) is 8.08. The third kappa shape index (κ3) is 3.05. The highest BCUT2D eigenvalue weighted by Gasteiger charge is 2.19. The highest BCUT2D eigenvalue weighted by Crippen LogP contribution is 2.24. The molecular formula is C15H23NS. The number of benzene rings is 1. The van der Waals surface area contributed by atoms with Gasteiger partial charge in [-0.25, -0.2) is 0 Å². The molecular weight excluding hydrogens is 226 g/mol. The van der Waals surface area contributed by atoms with Crippen molar-refractivity contribution >= 4 is 11.8 Å². The van der Waals surface area contributed by atoms with E-state index in [1.807, 2.05) is 0 Å². The Kier molecular flexibility index (Phi) is 4.16. The van der Waals surface area contributed by atoms with Crippen LogP contribution in [-0.4, -0.2) is 17.5 Å². The SMILES string of the molecule is Cc1cc(C)c(C(C)NC2CCSC2)cc1C. The molecule has 2 rings (SSSR count). The first-order valence-corrected chi connectivity index (χ1v) is 7.65. The molecule has 1 aliphatic rings. The smallest absolute Gasteiger partial charge is 0.0297 e. The van der Waals surface area contributed by atoms with Crippen LogP contribution in [0.15, 0.2) is 12.1 Å². The molecule has 1 aliphatic heterocycles. The van der Waals surface area contributed by atoms with E-state index in [0.29, 0.717) is 12.1 Å². The molecule has 2 atom stereocenters. The third-order valence-electron chi connectivity index (χ3n) is 3.76. The number of thioether (sulfide) groups is 1. The molecule has 1 N–H and O–H groups in total. The average Bonchev–Trinajstić information content (AvgIpc) is 2.76. The van der Waals surface area contributed by atoms with Crippen LogP contribution in [0.3, 0.4) is 0 Å². The second-order valence-corrected chi connectivity index (χ2v) is 6.39. The summed E-state index contributed by atoms with van der Waals surface area (Å²) in [6.07, 6.45) is 1.32. The number of rotatable bonds is 3. The lowest BCUT2D eigenvalue weighted by molar-refractivity contribution is 0.484. The molecule has 1 aromatic rings. The molecule has 0 amide bonds. The fourth-order valence-corrected chi connectivity index (χ4v) is 3.72. The van der Waals surface area contributed by atoms with E-state index in [1.54, 1.807) is 0 Å². The van der Waals surface area contributed by atoms with Crippen molar-refractivity contribution in [2.45, 2.75) is 46.2 Å². The zero-order chi connectivity index (χ0) is 12.4. The van der Waals surface area contributed by atoms with E-state index in [0.717, 1.165) is 0 Å². The Morgan fingerprint density at radius 3 is 2.53 bits per heavy atom. The Labute approximate surface area is 109 Å². The Balaban J connectivity index is 2.12. The second kappa shape index (κ2) is 5.45. The predicted molar refractivity (Wildman–Crippen MR) is 77.9 cm³/mol. The number of nitrogens with one attached hydrogen (secondary N) is 1. The summed E-state index contributed by atoms with van der Waals surface area (Å²) in [6.45, 7) is 8.91. The van der Waals surface area contributed by atoms with Crippen molar-refractivity contribution in [3.8, 4) is 0 Å². The molecule has 1 saturated heterocycles. The summed E-state index contributed by atoms with van der Waals surface area (Å²) in [4.78, 5) is 0. The van der Waals surface area contributed by atoms with E-state index in [-0.39, 0.29) is 0 Å². The van der Waals surface area contributed by atoms with Crippen LogP contribution in [0.2, 0.25) is 0 Å². The van der Waals surface area contributed by atoms with Gasteiger partial charge in [-0.1, -0.05) is 12.1 Å². The van der Waals surface area contributed by atoms with Gasteiger partial charge in [0.2, 0.25) is 0 Å². The molecule has 0 radical (unpaired) electrons. The van der Waals surface area contributed by atoms with Crippen molar-refractivity contribution in [2.24, 2.45) is 0 Å². The molecule has 1 nitrogen and oxygen atoms in total. The zero-order valence-corrected chi connectivity index (χ0v) is 12.2. The summed E-state index contributed by atoms with van der Waals surface area (Å²) in [7, 11) is 0. The molecule has 2 unspecified atom stereocenters. The molecule has 0 spiro atoms. The summed E-state index contributed by atoms with van der Waals surface area (Å²) in [6, 6.07) is 5.84. The van der Waals surface area contributed by atoms with Gasteiger partial charge in [-0.15, -0.1) is 0 Å². The van der Waals surface area contributed by atoms with Gasteiger partial charge in [0.25, 0.3) is 0 Å². The summed E-state index contributed by atoms with van der Waals surface area (Å²) >= 11 is 2.07. The summed E-state index contributed by atoms with van der Waals surface area (Å²) in [5.74, 6) is 2.59. The lowest BCUT2D eigenvalue weighted by Crippen LogP contribution is -2.31. The molecule has 17 heavy (non-hydrogen) atoms. The van der Waals surface area contributed by atoms with E-state index < -0.39 is 0 Å². The molecule has 1 fully saturated rings. The van der Waals surface area contributed by atoms with Crippen molar-refractivity contribution in [3.63, 3.8) is 0 Å². The topological polar surface area (TPSA) is 12.0 Å². The summed E-state index contributed by atoms with van der Waals surface area (Å²) in [5, 5.41) is 3.76. The van der Waals surface area contributed by atoms with Crippen molar-refractivity contribution in [3.05, 3.63) is 34.4 Å². The third-order valence-corrected chi connectivity index (χ3v) is 4.93. The molecule has 0 saturated carbocycles. The Bertz CT molecular complexity index is 394. The predicted octanol–water partition coefficient (Wildman–Crippen LogP) is 3.77. The molecule has 1 heterocycles. The van der Waals surface area contributed by atoms with Gasteiger partial charge in [-0.2, -0.15) is 11.8 Å². The van der Waals surface area contributed by atoms with E-state index in [9.17, 15) is 0 Å². The lowest BCUT2D eigenvalue weighted by atomic mass is 9.96. The van der Waals surface area contributed by atoms with Gasteiger partial charge < -0.3 is 5.32 Å². The van der Waals surface area contributed by atoms with Crippen molar-refractivity contribution in [1.82, 2.24) is 5.32 Å². The van der Waals surface area contributed by atoms with E-state index in [4.69, 9.17) is 0 Å². The fourth-order valence-electron chi connectivity index (χ4n) is 2.56. The maximum absolute atomic E-state index is 3.76. The minimum atomic E-state index is 0.470. The first-order valence-electron chi connectivity index (χ1n) is 6.49. The number of hydrogen-bond donors (Lipinski definition) is 1. The lowest BCUT2D eigenvalue weighted by Gasteiger charge is -2.22. The fraction of sp³-hybridized carbons (Fsp3) is 0.600. The maximum Gasteiger partial charge on any atom is 0.0297 e. The molecule has 0 aromatic heterocycles. The van der Waals surface area contributed by atoms with Gasteiger partial charge in [0, 0.05) is 17.8 Å². The number of aryl methyl sites for hydroxylation is 3. The van der Waals surface area contributed by atoms with Crippen LogP contribution in [0.25, 0.3) is 0 Å². The highest BCUT2D eigenvalue weighted by atomic mass is 32.2. The van der Waals surface area contributed by atoms with E-state index >= 15 is 0 Å². The monoisotopic (exact) mass is 249 g/mol. The van der Waals surface area contributed by atoms with Gasteiger partial charge in [-0.05, 0) is 62.1 Å². The second-order valence-electron chi connectivity index (χ2n) is 5.24. The van der Waals surface area contributed by atoms with Crippen LogP contribution in [0.4, 0.5) is 0 Å². The molecule has 94 valence electrons. The Morgan fingerprint density at radius 2 is 1.88 bits per heavy atom. The van der Waals surface area contributed by atoms with Crippen LogP contribution >= 0.6 is 11.8 Å². The minimum Gasteiger partial charge on any atom is -0.307 e. The van der Waals surface area contributed by atoms with Gasteiger partial charge in [-0.3, -0.25) is 0 Å². The van der Waals surface area contributed by atoms with Crippen molar-refractivity contribution < 1.29 is 0 Å². The molecule has 2 heteroatoms.